The summed E-state index contributed by atoms with van der Waals surface area (Å²) in [6.45, 7) is 2.75. The van der Waals surface area contributed by atoms with Crippen molar-refractivity contribution in [1.82, 2.24) is 10.7 Å². The van der Waals surface area contributed by atoms with E-state index in [9.17, 15) is 9.59 Å². The Bertz CT molecular complexity index is 494. The third-order valence-electron chi connectivity index (χ3n) is 5.91. The molecule has 0 heterocycles. The molecule has 0 radical (unpaired) electrons. The summed E-state index contributed by atoms with van der Waals surface area (Å²) in [7, 11) is 1.60. The van der Waals surface area contributed by atoms with Gasteiger partial charge < -0.3 is 10.1 Å². The smallest absolute Gasteiger partial charge is 0.246 e. The summed E-state index contributed by atoms with van der Waals surface area (Å²) in [6.07, 6.45) is 7.22. The number of ether oxygens (including phenoxy) is 1. The Labute approximate surface area is 143 Å². The van der Waals surface area contributed by atoms with Crippen LogP contribution in [0.3, 0.4) is 0 Å². The van der Waals surface area contributed by atoms with Crippen LogP contribution in [0.1, 0.15) is 51.9 Å². The van der Waals surface area contributed by atoms with Crippen molar-refractivity contribution in [1.29, 1.82) is 0 Å². The highest BCUT2D eigenvalue weighted by molar-refractivity contribution is 6.00. The molecule has 2 amide bonds. The standard InChI is InChI=1S/C18H29N3O3/c1-12(5-16(22)19-3-4-24-2)20-21-17(23)18-9-13-6-14(10-18)8-15(7-13)11-18/h13-15H,3-11H2,1-2H3,(H,19,22)(H,21,23)/b20-12+. The molecule has 2 N–H and O–H groups in total. The topological polar surface area (TPSA) is 79.8 Å². The quantitative estimate of drug-likeness (QED) is 0.423. The molecule has 4 saturated carbocycles. The maximum absolute atomic E-state index is 12.8. The van der Waals surface area contributed by atoms with Gasteiger partial charge in [0.25, 0.3) is 0 Å². The molecular formula is C18H29N3O3. The van der Waals surface area contributed by atoms with Gasteiger partial charge in [-0.2, -0.15) is 5.10 Å². The summed E-state index contributed by atoms with van der Waals surface area (Å²) >= 11 is 0. The van der Waals surface area contributed by atoms with Crippen molar-refractivity contribution < 1.29 is 14.3 Å². The Kier molecular flexibility index (Phi) is 5.23. The summed E-state index contributed by atoms with van der Waals surface area (Å²) in [6, 6.07) is 0. The molecule has 0 aromatic carbocycles. The van der Waals surface area contributed by atoms with E-state index in [1.54, 1.807) is 14.0 Å². The van der Waals surface area contributed by atoms with Crippen molar-refractivity contribution in [2.24, 2.45) is 28.3 Å². The van der Waals surface area contributed by atoms with E-state index < -0.39 is 0 Å². The summed E-state index contributed by atoms with van der Waals surface area (Å²) < 4.78 is 4.89. The zero-order valence-electron chi connectivity index (χ0n) is 14.8. The molecule has 0 aliphatic heterocycles. The van der Waals surface area contributed by atoms with Crippen LogP contribution in [-0.4, -0.2) is 37.8 Å². The van der Waals surface area contributed by atoms with E-state index in [0.29, 0.717) is 18.9 Å². The van der Waals surface area contributed by atoms with Crippen molar-refractivity contribution >= 4 is 17.5 Å². The Morgan fingerprint density at radius 2 is 1.71 bits per heavy atom. The van der Waals surface area contributed by atoms with Crippen LogP contribution < -0.4 is 10.7 Å². The maximum Gasteiger partial charge on any atom is 0.246 e. The van der Waals surface area contributed by atoms with Crippen molar-refractivity contribution in [3.63, 3.8) is 0 Å². The molecule has 6 heteroatoms. The normalized spacial score (nSPS) is 34.2. The van der Waals surface area contributed by atoms with Gasteiger partial charge in [-0.1, -0.05) is 0 Å². The number of carbonyl (C=O) groups excluding carboxylic acids is 2. The Hall–Kier alpha value is -1.43. The highest BCUT2D eigenvalue weighted by Gasteiger charge is 2.54. The molecule has 4 aliphatic carbocycles. The van der Waals surface area contributed by atoms with Gasteiger partial charge in [-0.3, -0.25) is 9.59 Å². The molecule has 0 spiro atoms. The van der Waals surface area contributed by atoms with Crippen molar-refractivity contribution in [2.75, 3.05) is 20.3 Å². The molecule has 24 heavy (non-hydrogen) atoms. The van der Waals surface area contributed by atoms with E-state index in [0.717, 1.165) is 37.0 Å². The average Bonchev–Trinajstić information content (AvgIpc) is 2.51. The first kappa shape index (κ1) is 17.4. The molecule has 0 unspecified atom stereocenters. The predicted octanol–water partition coefficient (Wildman–Crippen LogP) is 1.85. The van der Waals surface area contributed by atoms with E-state index in [2.05, 4.69) is 15.8 Å². The summed E-state index contributed by atoms with van der Waals surface area (Å²) in [4.78, 5) is 24.5. The molecule has 0 aromatic rings. The third kappa shape index (κ3) is 3.79. The van der Waals surface area contributed by atoms with E-state index in [1.165, 1.54) is 19.3 Å². The van der Waals surface area contributed by atoms with Crippen LogP contribution in [0.15, 0.2) is 5.10 Å². The van der Waals surface area contributed by atoms with Crippen LogP contribution in [0.4, 0.5) is 0 Å². The molecule has 0 atom stereocenters. The third-order valence-corrected chi connectivity index (χ3v) is 5.91. The minimum atomic E-state index is -0.195. The molecule has 6 nitrogen and oxygen atoms in total. The lowest BCUT2D eigenvalue weighted by atomic mass is 9.49. The number of nitrogens with one attached hydrogen (secondary N) is 2. The van der Waals surface area contributed by atoms with Gasteiger partial charge in [0, 0.05) is 19.4 Å². The molecular weight excluding hydrogens is 306 g/mol. The fourth-order valence-corrected chi connectivity index (χ4v) is 5.28. The number of amides is 2. The number of hydrogen-bond donors (Lipinski definition) is 2. The van der Waals surface area contributed by atoms with Crippen LogP contribution >= 0.6 is 0 Å². The minimum Gasteiger partial charge on any atom is -0.383 e. The average molecular weight is 335 g/mol. The number of hydrazone groups is 1. The first-order valence-electron chi connectivity index (χ1n) is 9.10. The van der Waals surface area contributed by atoms with Gasteiger partial charge in [-0.15, -0.1) is 0 Å². The number of rotatable bonds is 7. The van der Waals surface area contributed by atoms with Crippen molar-refractivity contribution in [2.45, 2.75) is 51.9 Å². The van der Waals surface area contributed by atoms with Crippen molar-refractivity contribution in [3.05, 3.63) is 0 Å². The Morgan fingerprint density at radius 1 is 1.12 bits per heavy atom. The van der Waals surface area contributed by atoms with Crippen LogP contribution in [-0.2, 0) is 14.3 Å². The molecule has 4 bridgehead atoms. The largest absolute Gasteiger partial charge is 0.383 e. The minimum absolute atomic E-state index is 0.0701. The lowest BCUT2D eigenvalue weighted by molar-refractivity contribution is -0.146. The maximum atomic E-state index is 12.8. The summed E-state index contributed by atoms with van der Waals surface area (Å²) in [5, 5.41) is 6.93. The van der Waals surface area contributed by atoms with Crippen LogP contribution in [0, 0.1) is 23.2 Å². The van der Waals surface area contributed by atoms with Crippen molar-refractivity contribution in [3.8, 4) is 0 Å². The highest BCUT2D eigenvalue weighted by atomic mass is 16.5. The molecule has 4 rings (SSSR count). The van der Waals surface area contributed by atoms with Gasteiger partial charge >= 0.3 is 0 Å². The zero-order valence-corrected chi connectivity index (χ0v) is 14.8. The van der Waals surface area contributed by atoms with Crippen LogP contribution in [0.5, 0.6) is 0 Å². The zero-order chi connectivity index (χ0) is 17.2. The molecule has 4 aliphatic rings. The monoisotopic (exact) mass is 335 g/mol. The first-order chi connectivity index (χ1) is 11.5. The number of hydrogen-bond acceptors (Lipinski definition) is 4. The lowest BCUT2D eigenvalue weighted by Crippen LogP contribution is -2.52. The number of nitrogens with zero attached hydrogens (tertiary/aromatic N) is 1. The van der Waals surface area contributed by atoms with Gasteiger partial charge in [0.2, 0.25) is 11.8 Å². The molecule has 134 valence electrons. The summed E-state index contributed by atoms with van der Waals surface area (Å²) in [5.41, 5.74) is 3.19. The van der Waals surface area contributed by atoms with E-state index >= 15 is 0 Å². The second-order valence-corrected chi connectivity index (χ2v) is 8.01. The first-order valence-corrected chi connectivity index (χ1v) is 9.10. The predicted molar refractivity (Wildman–Crippen MR) is 91.4 cm³/mol. The van der Waals surface area contributed by atoms with E-state index in [1.807, 2.05) is 0 Å². The van der Waals surface area contributed by atoms with Gasteiger partial charge in [-0.05, 0) is 63.2 Å². The van der Waals surface area contributed by atoms with E-state index in [4.69, 9.17) is 4.74 Å². The molecule has 4 fully saturated rings. The Balaban J connectivity index is 1.50. The van der Waals surface area contributed by atoms with E-state index in [-0.39, 0.29) is 23.7 Å². The fraction of sp³-hybridized carbons (Fsp3) is 0.833. The lowest BCUT2D eigenvalue weighted by Gasteiger charge is -2.55. The number of carbonyl (C=O) groups is 2. The van der Waals surface area contributed by atoms with Gasteiger partial charge in [-0.25, -0.2) is 5.43 Å². The fourth-order valence-electron chi connectivity index (χ4n) is 5.28. The second-order valence-electron chi connectivity index (χ2n) is 8.01. The molecule has 0 saturated heterocycles. The SMILES string of the molecule is COCCNC(=O)C/C(C)=N/NC(=O)C12CC3CC(CC(C3)C1)C2. The Morgan fingerprint density at radius 3 is 2.25 bits per heavy atom. The second kappa shape index (κ2) is 7.21. The molecule has 0 aromatic heterocycles. The highest BCUT2D eigenvalue weighted by Crippen LogP contribution is 2.60. The van der Waals surface area contributed by atoms with Crippen LogP contribution in [0.2, 0.25) is 0 Å². The van der Waals surface area contributed by atoms with Crippen LogP contribution in [0.25, 0.3) is 0 Å². The number of methoxy groups -OCH3 is 1. The van der Waals surface area contributed by atoms with Gasteiger partial charge in [0.15, 0.2) is 0 Å². The van der Waals surface area contributed by atoms with Gasteiger partial charge in [0.05, 0.1) is 18.4 Å². The summed E-state index contributed by atoms with van der Waals surface area (Å²) in [5.74, 6) is 2.18. The van der Waals surface area contributed by atoms with Gasteiger partial charge in [0.1, 0.15) is 0 Å².